The fourth-order valence-corrected chi connectivity index (χ4v) is 3.00. The summed E-state index contributed by atoms with van der Waals surface area (Å²) in [6, 6.07) is 0. The van der Waals surface area contributed by atoms with E-state index >= 15 is 0 Å². The Labute approximate surface area is 92.3 Å². The maximum Gasteiger partial charge on any atom is 0.159 e. The maximum absolute atomic E-state index is 11.9. The molecule has 2 unspecified atom stereocenters. The van der Waals surface area contributed by atoms with Gasteiger partial charge in [-0.1, -0.05) is 32.1 Å². The van der Waals surface area contributed by atoms with Crippen LogP contribution in [0.2, 0.25) is 0 Å². The quantitative estimate of drug-likeness (QED) is 0.640. The molecule has 0 spiro atoms. The molecule has 0 aromatic rings. The predicted octanol–water partition coefficient (Wildman–Crippen LogP) is 3.51. The molecular formula is C14H20O. The molecule has 2 rings (SSSR count). The Hall–Kier alpha value is -0.850. The summed E-state index contributed by atoms with van der Waals surface area (Å²) in [5, 5.41) is 0. The van der Waals surface area contributed by atoms with Crippen LogP contribution in [0.1, 0.15) is 40.0 Å². The molecule has 82 valence electrons. The van der Waals surface area contributed by atoms with Gasteiger partial charge in [-0.25, -0.2) is 0 Å². The van der Waals surface area contributed by atoms with Gasteiger partial charge in [-0.15, -0.1) is 0 Å². The predicted molar refractivity (Wildman–Crippen MR) is 62.5 cm³/mol. The number of ketones is 1. The first-order valence-electron chi connectivity index (χ1n) is 5.93. The molecule has 1 heteroatoms. The molecule has 1 fully saturated rings. The second-order valence-electron chi connectivity index (χ2n) is 5.33. The lowest BCUT2D eigenvalue weighted by Gasteiger charge is -2.08. The highest BCUT2D eigenvalue weighted by atomic mass is 16.1. The van der Waals surface area contributed by atoms with E-state index in [-0.39, 0.29) is 0 Å². The van der Waals surface area contributed by atoms with Gasteiger partial charge in [0.15, 0.2) is 5.78 Å². The number of allylic oxidation sites excluding steroid dienone is 4. The highest BCUT2D eigenvalue weighted by Gasteiger charge is 2.61. The van der Waals surface area contributed by atoms with E-state index in [0.29, 0.717) is 23.5 Å². The van der Waals surface area contributed by atoms with Crippen molar-refractivity contribution >= 4 is 5.78 Å². The molecule has 0 radical (unpaired) electrons. The Balaban J connectivity index is 1.93. The van der Waals surface area contributed by atoms with Crippen molar-refractivity contribution in [2.75, 3.05) is 0 Å². The zero-order valence-corrected chi connectivity index (χ0v) is 9.92. The van der Waals surface area contributed by atoms with E-state index in [2.05, 4.69) is 26.0 Å². The van der Waals surface area contributed by atoms with Crippen LogP contribution < -0.4 is 0 Å². The monoisotopic (exact) mass is 204 g/mol. The van der Waals surface area contributed by atoms with Crippen LogP contribution in [0.3, 0.4) is 0 Å². The highest BCUT2D eigenvalue weighted by molar-refractivity contribution is 5.97. The summed E-state index contributed by atoms with van der Waals surface area (Å²) in [5.41, 5.74) is 1.54. The van der Waals surface area contributed by atoms with Gasteiger partial charge in [0.1, 0.15) is 0 Å². The van der Waals surface area contributed by atoms with Gasteiger partial charge in [0, 0.05) is 6.42 Å². The molecule has 0 amide bonds. The second-order valence-corrected chi connectivity index (χ2v) is 5.33. The molecule has 15 heavy (non-hydrogen) atoms. The minimum atomic E-state index is 0.381. The van der Waals surface area contributed by atoms with Crippen LogP contribution >= 0.6 is 0 Å². The SMILES string of the molecule is CC=CCCC(=O)C1=CCC2C1C2(C)C. The van der Waals surface area contributed by atoms with E-state index in [1.54, 1.807) is 0 Å². The van der Waals surface area contributed by atoms with E-state index in [4.69, 9.17) is 0 Å². The van der Waals surface area contributed by atoms with Gasteiger partial charge in [-0.3, -0.25) is 4.79 Å². The summed E-state index contributed by atoms with van der Waals surface area (Å²) in [4.78, 5) is 11.9. The van der Waals surface area contributed by atoms with Crippen LogP contribution in [-0.2, 0) is 4.79 Å². The second kappa shape index (κ2) is 3.62. The maximum atomic E-state index is 11.9. The van der Waals surface area contributed by atoms with Crippen molar-refractivity contribution in [3.8, 4) is 0 Å². The lowest BCUT2D eigenvalue weighted by atomic mass is 9.96. The molecule has 2 atom stereocenters. The van der Waals surface area contributed by atoms with Crippen LogP contribution in [0.15, 0.2) is 23.8 Å². The van der Waals surface area contributed by atoms with Crippen molar-refractivity contribution in [3.63, 3.8) is 0 Å². The number of carbonyl (C=O) groups is 1. The third-order valence-corrected chi connectivity index (χ3v) is 4.07. The first-order chi connectivity index (χ1) is 7.09. The van der Waals surface area contributed by atoms with Gasteiger partial charge in [-0.05, 0) is 42.6 Å². The van der Waals surface area contributed by atoms with Crippen LogP contribution in [0.5, 0.6) is 0 Å². The Bertz CT molecular complexity index is 333. The summed E-state index contributed by atoms with van der Waals surface area (Å²) in [5.74, 6) is 1.72. The van der Waals surface area contributed by atoms with Crippen molar-refractivity contribution in [2.24, 2.45) is 17.3 Å². The lowest BCUT2D eigenvalue weighted by Crippen LogP contribution is -2.06. The van der Waals surface area contributed by atoms with Gasteiger partial charge in [0.05, 0.1) is 0 Å². The van der Waals surface area contributed by atoms with Gasteiger partial charge < -0.3 is 0 Å². The number of fused-ring (bicyclic) bond motifs is 1. The van der Waals surface area contributed by atoms with Crippen molar-refractivity contribution in [1.82, 2.24) is 0 Å². The third-order valence-electron chi connectivity index (χ3n) is 4.07. The van der Waals surface area contributed by atoms with Crippen LogP contribution in [-0.4, -0.2) is 5.78 Å². The average molecular weight is 204 g/mol. The van der Waals surface area contributed by atoms with Gasteiger partial charge in [0.25, 0.3) is 0 Å². The van der Waals surface area contributed by atoms with E-state index < -0.39 is 0 Å². The third kappa shape index (κ3) is 1.68. The highest BCUT2D eigenvalue weighted by Crippen LogP contribution is 2.66. The Morgan fingerprint density at radius 3 is 2.87 bits per heavy atom. The van der Waals surface area contributed by atoms with Gasteiger partial charge in [-0.2, -0.15) is 0 Å². The van der Waals surface area contributed by atoms with Crippen LogP contribution in [0.4, 0.5) is 0 Å². The molecule has 1 nitrogen and oxygen atoms in total. The lowest BCUT2D eigenvalue weighted by molar-refractivity contribution is -0.115. The van der Waals surface area contributed by atoms with Crippen molar-refractivity contribution in [2.45, 2.75) is 40.0 Å². The topological polar surface area (TPSA) is 17.1 Å². The average Bonchev–Trinajstić information content (AvgIpc) is 2.63. The molecule has 0 N–H and O–H groups in total. The largest absolute Gasteiger partial charge is 0.295 e. The number of hydrogen-bond acceptors (Lipinski definition) is 1. The van der Waals surface area contributed by atoms with Gasteiger partial charge in [0.2, 0.25) is 0 Å². The van der Waals surface area contributed by atoms with Crippen molar-refractivity contribution in [1.29, 1.82) is 0 Å². The minimum Gasteiger partial charge on any atom is -0.295 e. The van der Waals surface area contributed by atoms with Crippen molar-refractivity contribution < 1.29 is 4.79 Å². The number of Topliss-reactive ketones (excluding diaryl/α,β-unsaturated/α-hetero) is 1. The van der Waals surface area contributed by atoms with Crippen LogP contribution in [0.25, 0.3) is 0 Å². The summed E-state index contributed by atoms with van der Waals surface area (Å²) in [7, 11) is 0. The van der Waals surface area contributed by atoms with E-state index in [1.165, 1.54) is 0 Å². The Kier molecular flexibility index (Phi) is 2.57. The Morgan fingerprint density at radius 1 is 1.60 bits per heavy atom. The molecule has 0 heterocycles. The van der Waals surface area contributed by atoms with E-state index in [9.17, 15) is 4.79 Å². The van der Waals surface area contributed by atoms with E-state index in [0.717, 1.165) is 24.3 Å². The molecule has 0 aromatic heterocycles. The summed E-state index contributed by atoms with van der Waals surface area (Å²) >= 11 is 0. The summed E-state index contributed by atoms with van der Waals surface area (Å²) in [6.45, 7) is 6.57. The molecule has 1 saturated carbocycles. The molecule has 0 saturated heterocycles. The zero-order chi connectivity index (χ0) is 11.1. The number of carbonyl (C=O) groups excluding carboxylic acids is 1. The molecule has 0 aliphatic heterocycles. The minimum absolute atomic E-state index is 0.381. The zero-order valence-electron chi connectivity index (χ0n) is 9.92. The fraction of sp³-hybridized carbons (Fsp3) is 0.643. The molecule has 0 aromatic carbocycles. The number of rotatable bonds is 4. The first kappa shape index (κ1) is 10.7. The molecular weight excluding hydrogens is 184 g/mol. The van der Waals surface area contributed by atoms with Crippen LogP contribution in [0, 0.1) is 17.3 Å². The first-order valence-corrected chi connectivity index (χ1v) is 5.93. The molecule has 2 aliphatic rings. The van der Waals surface area contributed by atoms with E-state index in [1.807, 2.05) is 13.0 Å². The summed E-state index contributed by atoms with van der Waals surface area (Å²) < 4.78 is 0. The fourth-order valence-electron chi connectivity index (χ4n) is 3.00. The smallest absolute Gasteiger partial charge is 0.159 e. The standard InChI is InChI=1S/C14H20O/c1-4-5-6-7-12(15)10-8-9-11-13(10)14(11,2)3/h4-5,8,11,13H,6-7,9H2,1-3H3. The van der Waals surface area contributed by atoms with Gasteiger partial charge >= 0.3 is 0 Å². The molecule has 0 bridgehead atoms. The van der Waals surface area contributed by atoms with Crippen molar-refractivity contribution in [3.05, 3.63) is 23.8 Å². The normalized spacial score (nSPS) is 31.5. The number of hydrogen-bond donors (Lipinski definition) is 0. The Morgan fingerprint density at radius 2 is 2.33 bits per heavy atom. The summed E-state index contributed by atoms with van der Waals surface area (Å²) in [6.07, 6.45) is 8.98. The molecule has 2 aliphatic carbocycles.